The van der Waals surface area contributed by atoms with E-state index < -0.39 is 0 Å². The van der Waals surface area contributed by atoms with Gasteiger partial charge >= 0.3 is 0 Å². The lowest BCUT2D eigenvalue weighted by molar-refractivity contribution is 1.35. The van der Waals surface area contributed by atoms with E-state index in [0.29, 0.717) is 31.3 Å². The van der Waals surface area contributed by atoms with E-state index in [0.717, 1.165) is 10.2 Å². The van der Waals surface area contributed by atoms with Crippen LogP contribution in [0.25, 0.3) is 20.8 Å². The van der Waals surface area contributed by atoms with E-state index in [9.17, 15) is 0 Å². The van der Waals surface area contributed by atoms with Crippen LogP contribution in [0.5, 0.6) is 0 Å². The van der Waals surface area contributed by atoms with Crippen LogP contribution < -0.4 is 0 Å². The molecule has 0 fully saturated rings. The topological polar surface area (TPSA) is 49.6 Å². The number of thiazole rings is 1. The Morgan fingerprint density at radius 1 is 1.15 bits per heavy atom. The molecule has 98 valence electrons. The van der Waals surface area contributed by atoms with Crippen LogP contribution in [-0.2, 0) is 0 Å². The molecule has 3 rings (SSSR count). The normalized spacial score (nSPS) is 10.7. The first-order chi connectivity index (χ1) is 9.60. The molecule has 0 spiro atoms. The van der Waals surface area contributed by atoms with Crippen molar-refractivity contribution in [3.8, 4) is 16.6 Å². The lowest BCUT2D eigenvalue weighted by atomic mass is 10.1. The van der Waals surface area contributed by atoms with Crippen molar-refractivity contribution in [2.75, 3.05) is 0 Å². The standard InChI is InChI=1S/C13H4Cl3N3S/c14-7-3-6(5-17)4-8(15)10(7)13-19-9-1-2-18-12(16)11(9)20-13/h1-4H. The summed E-state index contributed by atoms with van der Waals surface area (Å²) in [5.41, 5.74) is 1.75. The van der Waals surface area contributed by atoms with E-state index in [-0.39, 0.29) is 0 Å². The number of pyridine rings is 1. The van der Waals surface area contributed by atoms with E-state index >= 15 is 0 Å². The summed E-state index contributed by atoms with van der Waals surface area (Å²) < 4.78 is 0.778. The third-order valence-electron chi connectivity index (χ3n) is 2.65. The molecule has 0 amide bonds. The Morgan fingerprint density at radius 3 is 2.45 bits per heavy atom. The number of nitrogens with zero attached hydrogens (tertiary/aromatic N) is 3. The summed E-state index contributed by atoms with van der Waals surface area (Å²) in [6, 6.07) is 6.90. The molecule has 3 nitrogen and oxygen atoms in total. The van der Waals surface area contributed by atoms with Crippen LogP contribution in [0.1, 0.15) is 5.56 Å². The van der Waals surface area contributed by atoms with Crippen molar-refractivity contribution in [2.45, 2.75) is 0 Å². The van der Waals surface area contributed by atoms with Crippen molar-refractivity contribution in [1.82, 2.24) is 9.97 Å². The van der Waals surface area contributed by atoms with E-state index in [1.54, 1.807) is 24.4 Å². The lowest BCUT2D eigenvalue weighted by Crippen LogP contribution is -1.83. The van der Waals surface area contributed by atoms with Crippen LogP contribution in [0.2, 0.25) is 15.2 Å². The highest BCUT2D eigenvalue weighted by molar-refractivity contribution is 7.22. The number of fused-ring (bicyclic) bond motifs is 1. The van der Waals surface area contributed by atoms with Gasteiger partial charge in [-0.25, -0.2) is 9.97 Å². The number of hydrogen-bond donors (Lipinski definition) is 0. The molecule has 7 heteroatoms. The van der Waals surface area contributed by atoms with E-state index in [4.69, 9.17) is 40.1 Å². The largest absolute Gasteiger partial charge is 0.243 e. The predicted octanol–water partition coefficient (Wildman–Crippen LogP) is 5.19. The van der Waals surface area contributed by atoms with Crippen molar-refractivity contribution in [3.05, 3.63) is 45.2 Å². The number of benzene rings is 1. The van der Waals surface area contributed by atoms with Gasteiger partial charge in [0.25, 0.3) is 0 Å². The van der Waals surface area contributed by atoms with E-state index in [1.807, 2.05) is 6.07 Å². The second-order valence-corrected chi connectivity index (χ2v) is 6.07. The van der Waals surface area contributed by atoms with Gasteiger partial charge < -0.3 is 0 Å². The second-order valence-electron chi connectivity index (χ2n) is 3.90. The summed E-state index contributed by atoms with van der Waals surface area (Å²) in [5, 5.41) is 10.7. The predicted molar refractivity (Wildman–Crippen MR) is 82.6 cm³/mol. The fourth-order valence-corrected chi connectivity index (χ4v) is 3.84. The van der Waals surface area contributed by atoms with Gasteiger partial charge in [0.2, 0.25) is 0 Å². The summed E-state index contributed by atoms with van der Waals surface area (Å²) in [7, 11) is 0. The monoisotopic (exact) mass is 339 g/mol. The van der Waals surface area contributed by atoms with Gasteiger partial charge in [0.05, 0.1) is 31.9 Å². The maximum Gasteiger partial charge on any atom is 0.148 e. The molecule has 20 heavy (non-hydrogen) atoms. The van der Waals surface area contributed by atoms with Crippen molar-refractivity contribution < 1.29 is 0 Å². The molecular weight excluding hydrogens is 337 g/mol. The van der Waals surface area contributed by atoms with Crippen LogP contribution in [0.4, 0.5) is 0 Å². The summed E-state index contributed by atoms with van der Waals surface area (Å²) in [6.07, 6.45) is 1.59. The Balaban J connectivity index is 2.26. The smallest absolute Gasteiger partial charge is 0.148 e. The van der Waals surface area contributed by atoms with Gasteiger partial charge in [-0.15, -0.1) is 11.3 Å². The van der Waals surface area contributed by atoms with Crippen molar-refractivity contribution >= 4 is 56.4 Å². The van der Waals surface area contributed by atoms with Gasteiger partial charge in [0.1, 0.15) is 10.2 Å². The van der Waals surface area contributed by atoms with Crippen LogP contribution in [0, 0.1) is 11.3 Å². The average molecular weight is 341 g/mol. The zero-order valence-corrected chi connectivity index (χ0v) is 12.8. The van der Waals surface area contributed by atoms with Crippen molar-refractivity contribution in [1.29, 1.82) is 5.26 Å². The number of aromatic nitrogens is 2. The van der Waals surface area contributed by atoms with Gasteiger partial charge in [-0.2, -0.15) is 5.26 Å². The Labute approximate surface area is 133 Å². The van der Waals surface area contributed by atoms with E-state index in [2.05, 4.69) is 9.97 Å². The summed E-state index contributed by atoms with van der Waals surface area (Å²) in [4.78, 5) is 8.48. The minimum atomic E-state index is 0.386. The second kappa shape index (κ2) is 5.19. The third kappa shape index (κ3) is 2.23. The molecule has 0 saturated heterocycles. The van der Waals surface area contributed by atoms with Crippen molar-refractivity contribution in [3.63, 3.8) is 0 Å². The highest BCUT2D eigenvalue weighted by Gasteiger charge is 2.16. The van der Waals surface area contributed by atoms with Crippen LogP contribution in [0.15, 0.2) is 24.4 Å². The minimum Gasteiger partial charge on any atom is -0.243 e. The molecule has 2 heterocycles. The molecular formula is C13H4Cl3N3S. The summed E-state index contributed by atoms with van der Waals surface area (Å²) >= 11 is 19.8. The van der Waals surface area contributed by atoms with Gasteiger partial charge in [-0.1, -0.05) is 34.8 Å². The SMILES string of the molecule is N#Cc1cc(Cl)c(-c2nc3ccnc(Cl)c3s2)c(Cl)c1. The zero-order chi connectivity index (χ0) is 14.3. The fourth-order valence-electron chi connectivity index (χ4n) is 1.77. The average Bonchev–Trinajstić information content (AvgIpc) is 2.82. The van der Waals surface area contributed by atoms with Gasteiger partial charge in [0.15, 0.2) is 0 Å². The quantitative estimate of drug-likeness (QED) is 0.573. The van der Waals surface area contributed by atoms with E-state index in [1.165, 1.54) is 11.3 Å². The van der Waals surface area contributed by atoms with Crippen LogP contribution >= 0.6 is 46.1 Å². The molecule has 1 aromatic carbocycles. The molecule has 0 N–H and O–H groups in total. The first-order valence-electron chi connectivity index (χ1n) is 5.40. The molecule has 0 aliphatic carbocycles. The molecule has 0 radical (unpaired) electrons. The Kier molecular flexibility index (Phi) is 3.53. The molecule has 0 aliphatic rings. The number of rotatable bonds is 1. The highest BCUT2D eigenvalue weighted by atomic mass is 35.5. The van der Waals surface area contributed by atoms with Crippen LogP contribution in [0.3, 0.4) is 0 Å². The third-order valence-corrected chi connectivity index (χ3v) is 4.74. The number of hydrogen-bond acceptors (Lipinski definition) is 4. The van der Waals surface area contributed by atoms with Gasteiger partial charge in [-0.05, 0) is 18.2 Å². The maximum absolute atomic E-state index is 8.89. The maximum atomic E-state index is 8.89. The Bertz CT molecular complexity index is 844. The molecule has 0 atom stereocenters. The van der Waals surface area contributed by atoms with Gasteiger partial charge in [-0.3, -0.25) is 0 Å². The Morgan fingerprint density at radius 2 is 1.85 bits per heavy atom. The van der Waals surface area contributed by atoms with Gasteiger partial charge in [0, 0.05) is 11.8 Å². The Hall–Kier alpha value is -1.38. The number of halogens is 3. The molecule has 3 aromatic rings. The fraction of sp³-hybridized carbons (Fsp3) is 0. The molecule has 2 aromatic heterocycles. The zero-order valence-electron chi connectivity index (χ0n) is 9.69. The molecule has 0 unspecified atom stereocenters. The van der Waals surface area contributed by atoms with Crippen molar-refractivity contribution in [2.24, 2.45) is 0 Å². The molecule has 0 bridgehead atoms. The highest BCUT2D eigenvalue weighted by Crippen LogP contribution is 2.40. The first-order valence-corrected chi connectivity index (χ1v) is 7.35. The number of nitriles is 1. The molecule has 0 aliphatic heterocycles. The summed E-state index contributed by atoms with van der Waals surface area (Å²) in [5.74, 6) is 0. The molecule has 0 saturated carbocycles. The van der Waals surface area contributed by atoms with Crippen LogP contribution in [-0.4, -0.2) is 9.97 Å². The minimum absolute atomic E-state index is 0.386. The first kappa shape index (κ1) is 13.6. The lowest BCUT2D eigenvalue weighted by Gasteiger charge is -2.03. The summed E-state index contributed by atoms with van der Waals surface area (Å²) in [6.45, 7) is 0.